The third-order valence-electron chi connectivity index (χ3n) is 2.97. The van der Waals surface area contributed by atoms with Crippen molar-refractivity contribution in [3.8, 4) is 5.75 Å². The van der Waals surface area contributed by atoms with Crippen LogP contribution in [-0.4, -0.2) is 44.0 Å². The summed E-state index contributed by atoms with van der Waals surface area (Å²) in [5.74, 6) is -1.08. The van der Waals surface area contributed by atoms with Gasteiger partial charge in [0.15, 0.2) is 0 Å². The molecule has 1 rings (SSSR count). The summed E-state index contributed by atoms with van der Waals surface area (Å²) in [7, 11) is -2.37. The largest absolute Gasteiger partial charge is 0.495 e. The molecule has 0 spiro atoms. The van der Waals surface area contributed by atoms with Crippen molar-refractivity contribution in [2.45, 2.75) is 31.6 Å². The first-order valence-electron chi connectivity index (χ1n) is 6.79. The molecule has 0 aromatic heterocycles. The third kappa shape index (κ3) is 3.95. The minimum absolute atomic E-state index is 0.00287. The van der Waals surface area contributed by atoms with Gasteiger partial charge in [0.2, 0.25) is 10.0 Å². The van der Waals surface area contributed by atoms with Crippen LogP contribution >= 0.6 is 0 Å². The maximum Gasteiger partial charge on any atom is 0.335 e. The molecular formula is C14H21NO5S. The van der Waals surface area contributed by atoms with E-state index in [9.17, 15) is 13.2 Å². The monoisotopic (exact) mass is 315 g/mol. The van der Waals surface area contributed by atoms with Gasteiger partial charge in [-0.15, -0.1) is 0 Å². The Balaban J connectivity index is 3.32. The van der Waals surface area contributed by atoms with Gasteiger partial charge in [-0.3, -0.25) is 0 Å². The molecule has 0 atom stereocenters. The number of aromatic carboxylic acids is 1. The minimum atomic E-state index is -3.70. The Hall–Kier alpha value is -1.60. The zero-order valence-corrected chi connectivity index (χ0v) is 13.3. The summed E-state index contributed by atoms with van der Waals surface area (Å²) in [6.45, 7) is 4.64. The van der Waals surface area contributed by atoms with Gasteiger partial charge in [-0.05, 0) is 31.0 Å². The zero-order valence-electron chi connectivity index (χ0n) is 12.5. The first kappa shape index (κ1) is 17.5. The first-order chi connectivity index (χ1) is 9.88. The SMILES string of the molecule is CCCN(CCC)S(=O)(=O)c1ccc(C(=O)O)cc1OC. The van der Waals surface area contributed by atoms with E-state index in [1.165, 1.54) is 29.6 Å². The third-order valence-corrected chi connectivity index (χ3v) is 4.91. The maximum atomic E-state index is 12.7. The van der Waals surface area contributed by atoms with E-state index in [1.807, 2.05) is 13.8 Å². The lowest BCUT2D eigenvalue weighted by atomic mass is 10.2. The summed E-state index contributed by atoms with van der Waals surface area (Å²) in [5.41, 5.74) is -0.0108. The van der Waals surface area contributed by atoms with Crippen molar-refractivity contribution in [3.63, 3.8) is 0 Å². The van der Waals surface area contributed by atoms with Gasteiger partial charge in [0.1, 0.15) is 10.6 Å². The molecule has 0 radical (unpaired) electrons. The van der Waals surface area contributed by atoms with E-state index in [1.54, 1.807) is 0 Å². The second-order valence-corrected chi connectivity index (χ2v) is 6.48. The van der Waals surface area contributed by atoms with E-state index < -0.39 is 16.0 Å². The molecular weight excluding hydrogens is 294 g/mol. The number of carboxylic acids is 1. The van der Waals surface area contributed by atoms with Crippen molar-refractivity contribution in [1.29, 1.82) is 0 Å². The van der Waals surface area contributed by atoms with E-state index >= 15 is 0 Å². The van der Waals surface area contributed by atoms with Crippen LogP contribution < -0.4 is 4.74 Å². The number of hydrogen-bond acceptors (Lipinski definition) is 4. The quantitative estimate of drug-likeness (QED) is 0.795. The molecule has 21 heavy (non-hydrogen) atoms. The van der Waals surface area contributed by atoms with Crippen LogP contribution in [0.2, 0.25) is 0 Å². The number of hydrogen-bond donors (Lipinski definition) is 1. The molecule has 7 heteroatoms. The highest BCUT2D eigenvalue weighted by atomic mass is 32.2. The van der Waals surface area contributed by atoms with Crippen molar-refractivity contribution in [2.75, 3.05) is 20.2 Å². The molecule has 6 nitrogen and oxygen atoms in total. The Morgan fingerprint density at radius 2 is 1.81 bits per heavy atom. The zero-order chi connectivity index (χ0) is 16.0. The molecule has 0 saturated carbocycles. The molecule has 0 aliphatic heterocycles. The summed E-state index contributed by atoms with van der Waals surface area (Å²) in [6, 6.07) is 3.79. The lowest BCUT2D eigenvalue weighted by molar-refractivity contribution is 0.0696. The van der Waals surface area contributed by atoms with Crippen LogP contribution in [0.15, 0.2) is 23.1 Å². The second-order valence-electron chi connectivity index (χ2n) is 4.57. The van der Waals surface area contributed by atoms with Crippen LogP contribution in [0.1, 0.15) is 37.0 Å². The number of carbonyl (C=O) groups is 1. The average Bonchev–Trinajstić information content (AvgIpc) is 2.46. The van der Waals surface area contributed by atoms with Gasteiger partial charge in [-0.25, -0.2) is 13.2 Å². The summed E-state index contributed by atoms with van der Waals surface area (Å²) in [4.78, 5) is 11.0. The van der Waals surface area contributed by atoms with Crippen molar-refractivity contribution in [1.82, 2.24) is 4.31 Å². The van der Waals surface area contributed by atoms with E-state index in [-0.39, 0.29) is 16.2 Å². The molecule has 0 bridgehead atoms. The van der Waals surface area contributed by atoms with Crippen molar-refractivity contribution < 1.29 is 23.1 Å². The molecule has 0 fully saturated rings. The van der Waals surface area contributed by atoms with Gasteiger partial charge >= 0.3 is 5.97 Å². The summed E-state index contributed by atoms with van der Waals surface area (Å²) < 4.78 is 31.8. The number of benzene rings is 1. The Kier molecular flexibility index (Phi) is 6.17. The molecule has 0 saturated heterocycles. The first-order valence-corrected chi connectivity index (χ1v) is 8.23. The van der Waals surface area contributed by atoms with Gasteiger partial charge in [0.05, 0.1) is 12.7 Å². The van der Waals surface area contributed by atoms with Crippen LogP contribution in [0.5, 0.6) is 5.75 Å². The lowest BCUT2D eigenvalue weighted by Crippen LogP contribution is -2.32. The van der Waals surface area contributed by atoms with Gasteiger partial charge < -0.3 is 9.84 Å². The summed E-state index contributed by atoms with van der Waals surface area (Å²) in [5, 5.41) is 8.96. The topological polar surface area (TPSA) is 83.9 Å². The standard InChI is InChI=1S/C14H21NO5S/c1-4-8-15(9-5-2)21(18,19)13-7-6-11(14(16)17)10-12(13)20-3/h6-7,10H,4-5,8-9H2,1-3H3,(H,16,17). The highest BCUT2D eigenvalue weighted by Crippen LogP contribution is 2.28. The van der Waals surface area contributed by atoms with Crippen molar-refractivity contribution in [2.24, 2.45) is 0 Å². The normalized spacial score (nSPS) is 11.6. The number of rotatable bonds is 8. The predicted octanol–water partition coefficient (Wildman–Crippen LogP) is 2.20. The minimum Gasteiger partial charge on any atom is -0.495 e. The molecule has 1 aromatic rings. The number of ether oxygens (including phenoxy) is 1. The molecule has 1 aromatic carbocycles. The highest BCUT2D eigenvalue weighted by molar-refractivity contribution is 7.89. The fourth-order valence-corrected chi connectivity index (χ4v) is 3.76. The smallest absolute Gasteiger partial charge is 0.335 e. The predicted molar refractivity (Wildman–Crippen MR) is 79.3 cm³/mol. The van der Waals surface area contributed by atoms with E-state index in [4.69, 9.17) is 9.84 Å². The lowest BCUT2D eigenvalue weighted by Gasteiger charge is -2.22. The van der Waals surface area contributed by atoms with Crippen LogP contribution in [0.3, 0.4) is 0 Å². The van der Waals surface area contributed by atoms with Crippen LogP contribution in [0.4, 0.5) is 0 Å². The summed E-state index contributed by atoms with van der Waals surface area (Å²) >= 11 is 0. The molecule has 1 N–H and O–H groups in total. The van der Waals surface area contributed by atoms with Crippen molar-refractivity contribution in [3.05, 3.63) is 23.8 Å². The fraction of sp³-hybridized carbons (Fsp3) is 0.500. The van der Waals surface area contributed by atoms with Gasteiger partial charge in [-0.1, -0.05) is 13.8 Å². The Morgan fingerprint density at radius 1 is 1.24 bits per heavy atom. The van der Waals surface area contributed by atoms with E-state index in [0.29, 0.717) is 25.9 Å². The highest BCUT2D eigenvalue weighted by Gasteiger charge is 2.27. The number of carboxylic acid groups (broad SMARTS) is 1. The van der Waals surface area contributed by atoms with Gasteiger partial charge in [0, 0.05) is 13.1 Å². The Labute approximate surface area is 125 Å². The summed E-state index contributed by atoms with van der Waals surface area (Å²) in [6.07, 6.45) is 1.41. The number of nitrogens with zero attached hydrogens (tertiary/aromatic N) is 1. The fourth-order valence-electron chi connectivity index (χ4n) is 2.00. The average molecular weight is 315 g/mol. The molecule has 0 aliphatic rings. The molecule has 0 amide bonds. The molecule has 0 aliphatic carbocycles. The van der Waals surface area contributed by atoms with Gasteiger partial charge in [0.25, 0.3) is 0 Å². The number of sulfonamides is 1. The van der Waals surface area contributed by atoms with Crippen LogP contribution in [0, 0.1) is 0 Å². The van der Waals surface area contributed by atoms with E-state index in [0.717, 1.165) is 0 Å². The van der Waals surface area contributed by atoms with Crippen molar-refractivity contribution >= 4 is 16.0 Å². The van der Waals surface area contributed by atoms with Crippen LogP contribution in [0.25, 0.3) is 0 Å². The molecule has 0 unspecified atom stereocenters. The Bertz CT molecular complexity index is 591. The van der Waals surface area contributed by atoms with Crippen LogP contribution in [-0.2, 0) is 10.0 Å². The maximum absolute atomic E-state index is 12.7. The number of methoxy groups -OCH3 is 1. The molecule has 0 heterocycles. The van der Waals surface area contributed by atoms with E-state index in [2.05, 4.69) is 0 Å². The van der Waals surface area contributed by atoms with Gasteiger partial charge in [-0.2, -0.15) is 4.31 Å². The Morgan fingerprint density at radius 3 is 2.24 bits per heavy atom. The molecule has 118 valence electrons. The second kappa shape index (κ2) is 7.42.